The van der Waals surface area contributed by atoms with Crippen molar-refractivity contribution in [1.82, 2.24) is 29.8 Å². The quantitative estimate of drug-likeness (QED) is 0.270. The van der Waals surface area contributed by atoms with Crippen LogP contribution in [0.4, 0.5) is 11.6 Å². The third-order valence-corrected chi connectivity index (χ3v) is 6.54. The third-order valence-electron chi connectivity index (χ3n) is 6.54. The zero-order chi connectivity index (χ0) is 25.5. The number of fused-ring (bicyclic) bond motifs is 2. The molecule has 0 saturated heterocycles. The minimum absolute atomic E-state index is 0.251. The van der Waals surface area contributed by atoms with Gasteiger partial charge in [0.2, 0.25) is 0 Å². The van der Waals surface area contributed by atoms with E-state index in [4.69, 9.17) is 5.10 Å². The summed E-state index contributed by atoms with van der Waals surface area (Å²) in [5, 5.41) is 16.2. The molecule has 7 rings (SSSR count). The summed E-state index contributed by atoms with van der Waals surface area (Å²) in [6, 6.07) is 31.3. The maximum absolute atomic E-state index is 14.2. The van der Waals surface area contributed by atoms with E-state index in [-0.39, 0.29) is 5.56 Å². The zero-order valence-electron chi connectivity index (χ0n) is 20.1. The van der Waals surface area contributed by atoms with E-state index in [1.165, 1.54) is 4.52 Å². The second kappa shape index (κ2) is 8.86. The molecule has 38 heavy (non-hydrogen) atoms. The molecule has 8 nitrogen and oxygen atoms in total. The molecule has 0 amide bonds. The maximum Gasteiger partial charge on any atom is 0.284 e. The van der Waals surface area contributed by atoms with Crippen LogP contribution >= 0.6 is 0 Å². The van der Waals surface area contributed by atoms with E-state index in [0.717, 1.165) is 38.9 Å². The third kappa shape index (κ3) is 3.63. The van der Waals surface area contributed by atoms with E-state index in [1.807, 2.05) is 91.0 Å². The largest absolute Gasteiger partial charge is 0.325 e. The summed E-state index contributed by atoms with van der Waals surface area (Å²) in [6.45, 7) is 0. The maximum atomic E-state index is 14.2. The molecule has 0 fully saturated rings. The van der Waals surface area contributed by atoms with Crippen molar-refractivity contribution < 1.29 is 0 Å². The summed E-state index contributed by atoms with van der Waals surface area (Å²) < 4.78 is 1.46. The molecule has 4 aromatic heterocycles. The lowest BCUT2D eigenvalue weighted by atomic mass is 10.0. The molecule has 0 aliphatic carbocycles. The van der Waals surface area contributed by atoms with Crippen LogP contribution in [-0.4, -0.2) is 29.8 Å². The average molecular weight is 496 g/mol. The van der Waals surface area contributed by atoms with Gasteiger partial charge < -0.3 is 10.3 Å². The minimum atomic E-state index is -0.251. The number of aromatic nitrogens is 6. The Bertz CT molecular complexity index is 1960. The Morgan fingerprint density at radius 2 is 1.55 bits per heavy atom. The van der Waals surface area contributed by atoms with Gasteiger partial charge >= 0.3 is 0 Å². The van der Waals surface area contributed by atoms with Gasteiger partial charge in [-0.2, -0.15) is 14.7 Å². The number of hydrogen-bond donors (Lipinski definition) is 3. The van der Waals surface area contributed by atoms with Crippen molar-refractivity contribution in [3.8, 4) is 33.5 Å². The highest BCUT2D eigenvalue weighted by atomic mass is 16.1. The predicted molar refractivity (Wildman–Crippen MR) is 149 cm³/mol. The summed E-state index contributed by atoms with van der Waals surface area (Å²) in [6.07, 6.45) is 3.48. The van der Waals surface area contributed by atoms with Gasteiger partial charge in [-0.1, -0.05) is 72.8 Å². The van der Waals surface area contributed by atoms with Gasteiger partial charge in [-0.05, 0) is 29.3 Å². The molecule has 0 atom stereocenters. The van der Waals surface area contributed by atoms with Crippen LogP contribution in [0.25, 0.3) is 50.1 Å². The number of nitrogens with one attached hydrogen (secondary N) is 3. The molecule has 182 valence electrons. The van der Waals surface area contributed by atoms with Crippen LogP contribution in [0.5, 0.6) is 0 Å². The number of aromatic amines is 2. The normalized spacial score (nSPS) is 11.3. The van der Waals surface area contributed by atoms with Crippen molar-refractivity contribution in [3.63, 3.8) is 0 Å². The van der Waals surface area contributed by atoms with Gasteiger partial charge in [-0.15, -0.1) is 0 Å². The number of anilines is 2. The van der Waals surface area contributed by atoms with Crippen molar-refractivity contribution in [1.29, 1.82) is 0 Å². The summed E-state index contributed by atoms with van der Waals surface area (Å²) in [5.41, 5.74) is 5.81. The Balaban J connectivity index is 1.56. The molecule has 0 aliphatic rings. The first kappa shape index (κ1) is 21.8. The Morgan fingerprint density at radius 1 is 0.763 bits per heavy atom. The highest BCUT2D eigenvalue weighted by molar-refractivity contribution is 5.93. The van der Waals surface area contributed by atoms with E-state index in [9.17, 15) is 4.79 Å². The molecule has 0 saturated carbocycles. The first-order valence-electron chi connectivity index (χ1n) is 12.2. The summed E-state index contributed by atoms with van der Waals surface area (Å²) >= 11 is 0. The van der Waals surface area contributed by atoms with E-state index in [1.54, 1.807) is 18.5 Å². The molecule has 4 heterocycles. The molecular formula is C30H21N7O. The zero-order valence-corrected chi connectivity index (χ0v) is 20.1. The molecule has 0 unspecified atom stereocenters. The van der Waals surface area contributed by atoms with Gasteiger partial charge in [-0.3, -0.25) is 14.9 Å². The highest BCUT2D eigenvalue weighted by Crippen LogP contribution is 2.36. The van der Waals surface area contributed by atoms with Crippen LogP contribution in [0.15, 0.2) is 114 Å². The van der Waals surface area contributed by atoms with Gasteiger partial charge in [0.1, 0.15) is 17.2 Å². The van der Waals surface area contributed by atoms with Gasteiger partial charge in [-0.25, -0.2) is 0 Å². The first-order valence-corrected chi connectivity index (χ1v) is 12.2. The van der Waals surface area contributed by atoms with Gasteiger partial charge in [0, 0.05) is 29.4 Å². The van der Waals surface area contributed by atoms with Crippen molar-refractivity contribution >= 4 is 28.2 Å². The monoisotopic (exact) mass is 495 g/mol. The number of pyridine rings is 1. The van der Waals surface area contributed by atoms with Crippen molar-refractivity contribution in [2.45, 2.75) is 0 Å². The topological polar surface area (TPSA) is 104 Å². The highest BCUT2D eigenvalue weighted by Gasteiger charge is 2.23. The fourth-order valence-corrected chi connectivity index (χ4v) is 4.80. The average Bonchev–Trinajstić information content (AvgIpc) is 3.62. The summed E-state index contributed by atoms with van der Waals surface area (Å²) in [4.78, 5) is 22.2. The fourth-order valence-electron chi connectivity index (χ4n) is 4.80. The number of rotatable bonds is 5. The second-order valence-corrected chi connectivity index (χ2v) is 8.89. The molecular weight excluding hydrogens is 474 g/mol. The molecule has 3 aromatic carbocycles. The summed E-state index contributed by atoms with van der Waals surface area (Å²) in [7, 11) is 0. The van der Waals surface area contributed by atoms with Crippen LogP contribution in [0.1, 0.15) is 0 Å². The number of nitrogens with zero attached hydrogens (tertiary/aromatic N) is 4. The first-order chi connectivity index (χ1) is 18.8. The van der Waals surface area contributed by atoms with Gasteiger partial charge in [0.15, 0.2) is 5.82 Å². The van der Waals surface area contributed by atoms with Crippen LogP contribution in [0.2, 0.25) is 0 Å². The van der Waals surface area contributed by atoms with Crippen LogP contribution in [0.3, 0.4) is 0 Å². The molecule has 0 spiro atoms. The molecule has 8 heteroatoms. The van der Waals surface area contributed by atoms with Gasteiger partial charge in [0.05, 0.1) is 16.6 Å². The van der Waals surface area contributed by atoms with E-state index < -0.39 is 0 Å². The fraction of sp³-hybridized carbons (Fsp3) is 0. The van der Waals surface area contributed by atoms with E-state index in [0.29, 0.717) is 22.8 Å². The molecule has 0 radical (unpaired) electrons. The Kier molecular flexibility index (Phi) is 5.07. The van der Waals surface area contributed by atoms with Crippen LogP contribution in [0, 0.1) is 0 Å². The standard InChI is InChI=1S/C30H21N7O/c38-30-26(22-13-14-23-21(18-22)12-7-16-31-23)28(33-24-15-17-32-35-24)34-29-25(19-8-3-1-4-9-19)27(36-37(29)30)20-10-5-2-6-11-20/h1-18,34H,(H2,32,33,35). The molecule has 0 aliphatic heterocycles. The number of hydrogen-bond acceptors (Lipinski definition) is 5. The van der Waals surface area contributed by atoms with Crippen LogP contribution in [-0.2, 0) is 0 Å². The van der Waals surface area contributed by atoms with Crippen LogP contribution < -0.4 is 10.9 Å². The Morgan fingerprint density at radius 3 is 2.32 bits per heavy atom. The van der Waals surface area contributed by atoms with Crippen molar-refractivity contribution in [2.75, 3.05) is 5.32 Å². The SMILES string of the molecule is O=c1c(-c2ccc3ncccc3c2)c(Nc2cc[nH]n2)[nH]c2c(-c3ccccc3)c(-c3ccccc3)nn12. The van der Waals surface area contributed by atoms with Gasteiger partial charge in [0.25, 0.3) is 5.56 Å². The van der Waals surface area contributed by atoms with E-state index >= 15 is 0 Å². The summed E-state index contributed by atoms with van der Waals surface area (Å²) in [5.74, 6) is 1.10. The molecule has 0 bridgehead atoms. The smallest absolute Gasteiger partial charge is 0.284 e. The minimum Gasteiger partial charge on any atom is -0.325 e. The number of H-pyrrole nitrogens is 2. The lowest BCUT2D eigenvalue weighted by molar-refractivity contribution is 0.907. The molecule has 7 aromatic rings. The lowest BCUT2D eigenvalue weighted by Gasteiger charge is -2.12. The number of benzene rings is 3. The van der Waals surface area contributed by atoms with Crippen molar-refractivity contribution in [3.05, 3.63) is 120 Å². The van der Waals surface area contributed by atoms with E-state index in [2.05, 4.69) is 25.5 Å². The second-order valence-electron chi connectivity index (χ2n) is 8.89. The molecule has 3 N–H and O–H groups in total. The Labute approximate surface area is 216 Å². The van der Waals surface area contributed by atoms with Crippen molar-refractivity contribution in [2.24, 2.45) is 0 Å². The predicted octanol–water partition coefficient (Wildman–Crippen LogP) is 6.04. The Hall–Kier alpha value is -5.50. The lowest BCUT2D eigenvalue weighted by Crippen LogP contribution is -2.19.